The highest BCUT2D eigenvalue weighted by Gasteiger charge is 2.44. The van der Waals surface area contributed by atoms with E-state index in [9.17, 15) is 19.1 Å². The molecule has 2 aromatic rings. The zero-order valence-corrected chi connectivity index (χ0v) is 19.2. The minimum Gasteiger partial charge on any atom is -0.872 e. The largest absolute Gasteiger partial charge is 0.872 e. The highest BCUT2D eigenvalue weighted by Crippen LogP contribution is 2.38. The fourth-order valence-corrected chi connectivity index (χ4v) is 4.36. The molecule has 2 aliphatic rings. The lowest BCUT2D eigenvalue weighted by molar-refractivity contribution is -0.907. The van der Waals surface area contributed by atoms with Gasteiger partial charge in [0.1, 0.15) is 24.7 Å². The van der Waals surface area contributed by atoms with Gasteiger partial charge in [-0.2, -0.15) is 0 Å². The number of rotatable bonds is 8. The first-order valence-corrected chi connectivity index (χ1v) is 11.7. The van der Waals surface area contributed by atoms with E-state index in [1.54, 1.807) is 24.3 Å². The lowest BCUT2D eigenvalue weighted by Gasteiger charge is -2.30. The van der Waals surface area contributed by atoms with Crippen LogP contribution in [0.2, 0.25) is 0 Å². The maximum Gasteiger partial charge on any atom is 0.295 e. The number of halogens is 1. The fraction of sp³-hybridized carbons (Fsp3) is 0.385. The van der Waals surface area contributed by atoms with E-state index >= 15 is 0 Å². The molecule has 2 aliphatic heterocycles. The molecule has 2 fully saturated rings. The molecule has 4 rings (SSSR count). The minimum absolute atomic E-state index is 0.101. The van der Waals surface area contributed by atoms with Gasteiger partial charge in [-0.25, -0.2) is 4.39 Å². The molecule has 0 aromatic heterocycles. The molecule has 0 saturated carbocycles. The van der Waals surface area contributed by atoms with Crippen LogP contribution < -0.4 is 14.7 Å². The first-order valence-electron chi connectivity index (χ1n) is 11.7. The number of amides is 1. The lowest BCUT2D eigenvalue weighted by atomic mass is 9.95. The molecule has 2 aromatic carbocycles. The topological polar surface area (TPSA) is 83.3 Å². The Bertz CT molecular complexity index is 1050. The third-order valence-electron chi connectivity index (χ3n) is 6.21. The van der Waals surface area contributed by atoms with Crippen LogP contribution in [-0.2, 0) is 14.3 Å². The Morgan fingerprint density at radius 2 is 1.79 bits per heavy atom. The van der Waals surface area contributed by atoms with Gasteiger partial charge >= 0.3 is 0 Å². The molecule has 1 atom stereocenters. The molecule has 1 N–H and O–H groups in total. The van der Waals surface area contributed by atoms with E-state index in [0.29, 0.717) is 44.2 Å². The number of likely N-dealkylation sites (tertiary alicyclic amines) is 1. The quantitative estimate of drug-likeness (QED) is 0.351. The number of ketones is 1. The standard InChI is InChI=1S/C26H29FN2O5/c1-2-15-34-21-9-5-18(6-10-21)23-22(24(30)19-3-7-20(27)8-4-19)25(31)26(32)29(23)12-11-28-13-16-33-17-14-28/h3-10,23,30H,2,11-17H2,1H3/b24-22+. The summed E-state index contributed by atoms with van der Waals surface area (Å²) in [5.41, 5.74) is 0.729. The van der Waals surface area contributed by atoms with E-state index in [0.717, 1.165) is 19.5 Å². The number of Topliss-reactive ketones (excluding diaryl/α,β-unsaturated/α-hetero) is 1. The molecule has 0 spiro atoms. The molecular weight excluding hydrogens is 439 g/mol. The second-order valence-electron chi connectivity index (χ2n) is 8.51. The SMILES string of the molecule is CCCOc1ccc(C2/C(=C(\[O-])c3ccc(F)cc3)C(=O)C(=O)N2CC[NH+]2CCOCC2)cc1. The second kappa shape index (κ2) is 10.8. The summed E-state index contributed by atoms with van der Waals surface area (Å²) >= 11 is 0. The number of benzene rings is 2. The van der Waals surface area contributed by atoms with Crippen molar-refractivity contribution in [1.82, 2.24) is 4.90 Å². The number of carbonyl (C=O) groups is 2. The van der Waals surface area contributed by atoms with Gasteiger partial charge in [0.2, 0.25) is 5.78 Å². The molecular formula is C26H29FN2O5. The van der Waals surface area contributed by atoms with Crippen LogP contribution in [0.25, 0.3) is 5.76 Å². The van der Waals surface area contributed by atoms with Crippen LogP contribution in [0.1, 0.15) is 30.5 Å². The third kappa shape index (κ3) is 5.13. The summed E-state index contributed by atoms with van der Waals surface area (Å²) in [4.78, 5) is 28.9. The second-order valence-corrected chi connectivity index (χ2v) is 8.51. The Labute approximate surface area is 198 Å². The smallest absolute Gasteiger partial charge is 0.295 e. The maximum atomic E-state index is 13.4. The van der Waals surface area contributed by atoms with E-state index < -0.39 is 29.3 Å². The van der Waals surface area contributed by atoms with E-state index in [4.69, 9.17) is 9.47 Å². The molecule has 0 radical (unpaired) electrons. The first-order chi connectivity index (χ1) is 16.5. The molecule has 7 nitrogen and oxygen atoms in total. The minimum atomic E-state index is -0.807. The molecule has 2 saturated heterocycles. The average molecular weight is 469 g/mol. The Morgan fingerprint density at radius 3 is 2.44 bits per heavy atom. The summed E-state index contributed by atoms with van der Waals surface area (Å²) < 4.78 is 24.5. The first kappa shape index (κ1) is 23.9. The highest BCUT2D eigenvalue weighted by atomic mass is 19.1. The molecule has 0 bridgehead atoms. The van der Waals surface area contributed by atoms with Crippen molar-refractivity contribution < 1.29 is 33.5 Å². The van der Waals surface area contributed by atoms with Crippen molar-refractivity contribution in [1.29, 1.82) is 0 Å². The number of nitrogens with one attached hydrogen (secondary N) is 1. The van der Waals surface area contributed by atoms with E-state index in [2.05, 4.69) is 0 Å². The molecule has 34 heavy (non-hydrogen) atoms. The van der Waals surface area contributed by atoms with E-state index in [1.807, 2.05) is 6.92 Å². The van der Waals surface area contributed by atoms with Crippen LogP contribution in [0.15, 0.2) is 54.1 Å². The summed E-state index contributed by atoms with van der Waals surface area (Å²) in [6.45, 7) is 6.55. The van der Waals surface area contributed by atoms with Crippen LogP contribution >= 0.6 is 0 Å². The Kier molecular flexibility index (Phi) is 7.59. The van der Waals surface area contributed by atoms with E-state index in [1.165, 1.54) is 34.1 Å². The van der Waals surface area contributed by atoms with Gasteiger partial charge in [0.05, 0.1) is 39.0 Å². The van der Waals surface area contributed by atoms with Crippen molar-refractivity contribution in [2.45, 2.75) is 19.4 Å². The van der Waals surface area contributed by atoms with Gasteiger partial charge in [-0.15, -0.1) is 0 Å². The van der Waals surface area contributed by atoms with Gasteiger partial charge in [-0.05, 0) is 41.8 Å². The molecule has 1 amide bonds. The molecule has 180 valence electrons. The predicted octanol–water partition coefficient (Wildman–Crippen LogP) is 0.754. The van der Waals surface area contributed by atoms with E-state index in [-0.39, 0.29) is 11.1 Å². The summed E-state index contributed by atoms with van der Waals surface area (Å²) in [5.74, 6) is -1.85. The van der Waals surface area contributed by atoms with Gasteiger partial charge in [0, 0.05) is 5.57 Å². The Hall–Kier alpha value is -3.23. The van der Waals surface area contributed by atoms with Crippen LogP contribution in [-0.4, -0.2) is 62.6 Å². The normalized spacial score (nSPS) is 20.6. The molecule has 2 heterocycles. The number of hydrogen-bond donors (Lipinski definition) is 1. The van der Waals surface area contributed by atoms with Gasteiger partial charge in [-0.1, -0.05) is 36.9 Å². The molecule has 8 heteroatoms. The Morgan fingerprint density at radius 1 is 1.12 bits per heavy atom. The number of morpholine rings is 1. The summed E-state index contributed by atoms with van der Waals surface area (Å²) in [7, 11) is 0. The average Bonchev–Trinajstić information content (AvgIpc) is 3.12. The van der Waals surface area contributed by atoms with Crippen molar-refractivity contribution >= 4 is 17.4 Å². The lowest BCUT2D eigenvalue weighted by Crippen LogP contribution is -3.14. The zero-order chi connectivity index (χ0) is 24.1. The number of quaternary nitrogens is 1. The maximum absolute atomic E-state index is 13.4. The van der Waals surface area contributed by atoms with Crippen molar-refractivity contribution in [3.8, 4) is 5.75 Å². The van der Waals surface area contributed by atoms with Crippen molar-refractivity contribution in [3.05, 3.63) is 71.0 Å². The van der Waals surface area contributed by atoms with Crippen molar-refractivity contribution in [2.24, 2.45) is 0 Å². The number of hydrogen-bond acceptors (Lipinski definition) is 5. The van der Waals surface area contributed by atoms with Gasteiger partial charge in [-0.3, -0.25) is 9.59 Å². The third-order valence-corrected chi connectivity index (χ3v) is 6.21. The highest BCUT2D eigenvalue weighted by molar-refractivity contribution is 6.46. The Balaban J connectivity index is 1.69. The van der Waals surface area contributed by atoms with Crippen LogP contribution in [0.5, 0.6) is 5.75 Å². The predicted molar refractivity (Wildman–Crippen MR) is 121 cm³/mol. The van der Waals surface area contributed by atoms with Crippen LogP contribution in [0.4, 0.5) is 4.39 Å². The fourth-order valence-electron chi connectivity index (χ4n) is 4.36. The summed E-state index contributed by atoms with van der Waals surface area (Å²) in [6, 6.07) is 11.3. The van der Waals surface area contributed by atoms with Gasteiger partial charge in [0.15, 0.2) is 0 Å². The van der Waals surface area contributed by atoms with Crippen LogP contribution in [0.3, 0.4) is 0 Å². The summed E-state index contributed by atoms with van der Waals surface area (Å²) in [5, 5.41) is 13.4. The summed E-state index contributed by atoms with van der Waals surface area (Å²) in [6.07, 6.45) is 0.870. The molecule has 1 unspecified atom stereocenters. The van der Waals surface area contributed by atoms with Gasteiger partial charge in [0.25, 0.3) is 5.91 Å². The van der Waals surface area contributed by atoms with Crippen molar-refractivity contribution in [3.63, 3.8) is 0 Å². The monoisotopic (exact) mass is 468 g/mol. The number of ether oxygens (including phenoxy) is 2. The molecule has 0 aliphatic carbocycles. The number of nitrogens with zero attached hydrogens (tertiary/aromatic N) is 1. The van der Waals surface area contributed by atoms with Gasteiger partial charge < -0.3 is 24.4 Å². The number of carbonyl (C=O) groups excluding carboxylic acids is 2. The van der Waals surface area contributed by atoms with Crippen molar-refractivity contribution in [2.75, 3.05) is 46.0 Å². The zero-order valence-electron chi connectivity index (χ0n) is 19.2. The van der Waals surface area contributed by atoms with Crippen LogP contribution in [0, 0.1) is 5.82 Å².